The molecule has 1 aromatic carbocycles. The molecule has 2 aromatic heterocycles. The maximum absolute atomic E-state index is 6.09. The predicted octanol–water partition coefficient (Wildman–Crippen LogP) is 4.84. The zero-order valence-electron chi connectivity index (χ0n) is 14.4. The predicted molar refractivity (Wildman–Crippen MR) is 102 cm³/mol. The lowest BCUT2D eigenvalue weighted by atomic mass is 10.0. The van der Waals surface area contributed by atoms with Crippen molar-refractivity contribution in [2.75, 3.05) is 6.54 Å². The van der Waals surface area contributed by atoms with Crippen molar-refractivity contribution in [2.45, 2.75) is 32.5 Å². The largest absolute Gasteiger partial charge is 0.489 e. The van der Waals surface area contributed by atoms with Crippen LogP contribution in [-0.2, 0) is 19.6 Å². The first kappa shape index (κ1) is 16.3. The van der Waals surface area contributed by atoms with Crippen LogP contribution >= 0.6 is 11.3 Å². The molecule has 0 radical (unpaired) electrons. The number of nitrogens with zero attached hydrogens (tertiary/aromatic N) is 2. The molecule has 0 N–H and O–H groups in total. The lowest BCUT2D eigenvalue weighted by Gasteiger charge is -2.34. The minimum absolute atomic E-state index is 0.460. The SMILES string of the molecule is C[C@H]1c2ccsc2CCN1Cc1ccccc1OCc1cccnc1. The van der Waals surface area contributed by atoms with Crippen LogP contribution in [0.3, 0.4) is 0 Å². The summed E-state index contributed by atoms with van der Waals surface area (Å²) in [6.45, 7) is 4.88. The highest BCUT2D eigenvalue weighted by molar-refractivity contribution is 7.10. The minimum Gasteiger partial charge on any atom is -0.489 e. The summed E-state index contributed by atoms with van der Waals surface area (Å²) in [5.74, 6) is 0.967. The number of fused-ring (bicyclic) bond motifs is 1. The summed E-state index contributed by atoms with van der Waals surface area (Å²) in [7, 11) is 0. The summed E-state index contributed by atoms with van der Waals surface area (Å²) in [4.78, 5) is 8.24. The van der Waals surface area contributed by atoms with E-state index >= 15 is 0 Å². The van der Waals surface area contributed by atoms with Crippen molar-refractivity contribution in [1.29, 1.82) is 0 Å². The Morgan fingerprint density at radius 1 is 1.20 bits per heavy atom. The molecule has 0 unspecified atom stereocenters. The number of hydrogen-bond donors (Lipinski definition) is 0. The topological polar surface area (TPSA) is 25.4 Å². The van der Waals surface area contributed by atoms with Crippen LogP contribution in [0.15, 0.2) is 60.2 Å². The van der Waals surface area contributed by atoms with Gasteiger partial charge in [-0.2, -0.15) is 0 Å². The third-order valence-electron chi connectivity index (χ3n) is 4.87. The average molecular weight is 350 g/mol. The smallest absolute Gasteiger partial charge is 0.124 e. The molecular formula is C21H22N2OS. The number of aromatic nitrogens is 1. The third kappa shape index (κ3) is 3.60. The number of thiophene rings is 1. The molecule has 0 fully saturated rings. The van der Waals surface area contributed by atoms with E-state index < -0.39 is 0 Å². The van der Waals surface area contributed by atoms with Gasteiger partial charge < -0.3 is 4.74 Å². The molecule has 1 aliphatic rings. The van der Waals surface area contributed by atoms with Gasteiger partial charge in [-0.15, -0.1) is 11.3 Å². The van der Waals surface area contributed by atoms with Gasteiger partial charge in [0.15, 0.2) is 0 Å². The fourth-order valence-electron chi connectivity index (χ4n) is 3.42. The van der Waals surface area contributed by atoms with Crippen molar-refractivity contribution in [3.8, 4) is 5.75 Å². The van der Waals surface area contributed by atoms with Gasteiger partial charge in [0, 0.05) is 47.5 Å². The van der Waals surface area contributed by atoms with E-state index in [0.29, 0.717) is 12.6 Å². The van der Waals surface area contributed by atoms with E-state index in [1.807, 2.05) is 35.7 Å². The summed E-state index contributed by atoms with van der Waals surface area (Å²) in [5.41, 5.74) is 3.83. The van der Waals surface area contributed by atoms with Gasteiger partial charge in [0.1, 0.15) is 12.4 Å². The van der Waals surface area contributed by atoms with Gasteiger partial charge in [0.25, 0.3) is 0 Å². The van der Waals surface area contributed by atoms with Crippen molar-refractivity contribution in [3.05, 3.63) is 81.8 Å². The Labute approximate surface area is 152 Å². The zero-order valence-corrected chi connectivity index (χ0v) is 15.2. The summed E-state index contributed by atoms with van der Waals surface area (Å²) in [6, 6.07) is 15.1. The van der Waals surface area contributed by atoms with E-state index in [1.165, 1.54) is 11.1 Å². The molecule has 0 aliphatic carbocycles. The van der Waals surface area contributed by atoms with Gasteiger partial charge in [-0.1, -0.05) is 24.3 Å². The standard InChI is InChI=1S/C21H22N2OS/c1-16-19-9-12-25-21(19)8-11-23(16)14-18-6-2-3-7-20(18)24-15-17-5-4-10-22-13-17/h2-7,9-10,12-13,16H,8,11,14-15H2,1H3/t16-/m0/s1. The van der Waals surface area contributed by atoms with Gasteiger partial charge in [-0.3, -0.25) is 9.88 Å². The normalized spacial score (nSPS) is 17.2. The first-order chi connectivity index (χ1) is 12.3. The molecule has 3 nitrogen and oxygen atoms in total. The Morgan fingerprint density at radius 2 is 2.12 bits per heavy atom. The second kappa shape index (κ2) is 7.38. The number of benzene rings is 1. The van der Waals surface area contributed by atoms with Crippen LogP contribution in [0.25, 0.3) is 0 Å². The molecule has 0 saturated heterocycles. The summed E-state index contributed by atoms with van der Waals surface area (Å²) < 4.78 is 6.09. The molecular weight excluding hydrogens is 328 g/mol. The molecule has 3 heterocycles. The molecule has 25 heavy (non-hydrogen) atoms. The molecule has 4 rings (SSSR count). The van der Waals surface area contributed by atoms with E-state index in [0.717, 1.165) is 30.8 Å². The van der Waals surface area contributed by atoms with E-state index in [9.17, 15) is 0 Å². The molecule has 128 valence electrons. The second-order valence-electron chi connectivity index (χ2n) is 6.45. The highest BCUT2D eigenvalue weighted by atomic mass is 32.1. The number of para-hydroxylation sites is 1. The average Bonchev–Trinajstić information content (AvgIpc) is 3.14. The number of ether oxygens (including phenoxy) is 1. The highest BCUT2D eigenvalue weighted by Crippen LogP contribution is 2.34. The van der Waals surface area contributed by atoms with E-state index in [-0.39, 0.29) is 0 Å². The van der Waals surface area contributed by atoms with Crippen LogP contribution < -0.4 is 4.74 Å². The van der Waals surface area contributed by atoms with Crippen molar-refractivity contribution >= 4 is 11.3 Å². The maximum Gasteiger partial charge on any atom is 0.124 e. The number of rotatable bonds is 5. The highest BCUT2D eigenvalue weighted by Gasteiger charge is 2.25. The summed E-state index contributed by atoms with van der Waals surface area (Å²) in [6.07, 6.45) is 4.79. The van der Waals surface area contributed by atoms with Crippen LogP contribution in [0.4, 0.5) is 0 Å². The number of hydrogen-bond acceptors (Lipinski definition) is 4. The molecule has 0 saturated carbocycles. The van der Waals surface area contributed by atoms with Crippen LogP contribution in [0.2, 0.25) is 0 Å². The van der Waals surface area contributed by atoms with Gasteiger partial charge in [-0.05, 0) is 42.5 Å². The Bertz CT molecular complexity index is 831. The Kier molecular flexibility index (Phi) is 4.81. The zero-order chi connectivity index (χ0) is 17.1. The Hall–Kier alpha value is -2.17. The molecule has 1 atom stereocenters. The monoisotopic (exact) mass is 350 g/mol. The van der Waals surface area contributed by atoms with Gasteiger partial charge >= 0.3 is 0 Å². The lowest BCUT2D eigenvalue weighted by Crippen LogP contribution is -2.32. The van der Waals surface area contributed by atoms with Crippen LogP contribution in [-0.4, -0.2) is 16.4 Å². The van der Waals surface area contributed by atoms with Gasteiger partial charge in [0.05, 0.1) is 0 Å². The lowest BCUT2D eigenvalue weighted by molar-refractivity contribution is 0.187. The van der Waals surface area contributed by atoms with E-state index in [2.05, 4.69) is 46.5 Å². The van der Waals surface area contributed by atoms with Crippen molar-refractivity contribution in [3.63, 3.8) is 0 Å². The molecule has 0 amide bonds. The third-order valence-corrected chi connectivity index (χ3v) is 5.86. The summed E-state index contributed by atoms with van der Waals surface area (Å²) >= 11 is 1.89. The maximum atomic E-state index is 6.09. The van der Waals surface area contributed by atoms with Crippen molar-refractivity contribution in [1.82, 2.24) is 9.88 Å². The molecule has 0 bridgehead atoms. The van der Waals surface area contributed by atoms with Crippen LogP contribution in [0.5, 0.6) is 5.75 Å². The fourth-order valence-corrected chi connectivity index (χ4v) is 4.38. The first-order valence-corrected chi connectivity index (χ1v) is 9.59. The van der Waals surface area contributed by atoms with Gasteiger partial charge in [0.2, 0.25) is 0 Å². The molecule has 4 heteroatoms. The Balaban J connectivity index is 1.48. The Morgan fingerprint density at radius 3 is 3.00 bits per heavy atom. The van der Waals surface area contributed by atoms with E-state index in [1.54, 1.807) is 11.1 Å². The van der Waals surface area contributed by atoms with Crippen molar-refractivity contribution < 1.29 is 4.74 Å². The second-order valence-corrected chi connectivity index (χ2v) is 7.45. The fraction of sp³-hybridized carbons (Fsp3) is 0.286. The molecule has 3 aromatic rings. The first-order valence-electron chi connectivity index (χ1n) is 8.71. The molecule has 0 spiro atoms. The van der Waals surface area contributed by atoms with Gasteiger partial charge in [-0.25, -0.2) is 0 Å². The number of pyridine rings is 1. The summed E-state index contributed by atoms with van der Waals surface area (Å²) in [5, 5.41) is 2.22. The van der Waals surface area contributed by atoms with Crippen LogP contribution in [0.1, 0.15) is 34.5 Å². The molecule has 1 aliphatic heterocycles. The van der Waals surface area contributed by atoms with Crippen LogP contribution in [0, 0.1) is 0 Å². The minimum atomic E-state index is 0.460. The van der Waals surface area contributed by atoms with Crippen molar-refractivity contribution in [2.24, 2.45) is 0 Å². The quantitative estimate of drug-likeness (QED) is 0.658. The van der Waals surface area contributed by atoms with E-state index in [4.69, 9.17) is 4.74 Å².